The van der Waals surface area contributed by atoms with Crippen LogP contribution in [0, 0.1) is 5.92 Å². The van der Waals surface area contributed by atoms with E-state index in [1.807, 2.05) is 0 Å². The predicted octanol–water partition coefficient (Wildman–Crippen LogP) is 1.09. The first-order chi connectivity index (χ1) is 6.92. The summed E-state index contributed by atoms with van der Waals surface area (Å²) in [5, 5.41) is 3.48. The van der Waals surface area contributed by atoms with E-state index in [-0.39, 0.29) is 0 Å². The first-order valence-electron chi connectivity index (χ1n) is 5.41. The second-order valence-electron chi connectivity index (χ2n) is 4.45. The topological polar surface area (TPSA) is 15.3 Å². The SMILES string of the molecule is c1ccc(CN2C[C@@H]3CN[C@@H]3C2)cc1. The Kier molecular flexibility index (Phi) is 2.03. The molecule has 2 atom stereocenters. The molecule has 0 aromatic heterocycles. The zero-order chi connectivity index (χ0) is 9.38. The van der Waals surface area contributed by atoms with Gasteiger partial charge in [-0.2, -0.15) is 0 Å². The third-order valence-electron chi connectivity index (χ3n) is 3.41. The van der Waals surface area contributed by atoms with E-state index >= 15 is 0 Å². The molecule has 2 fully saturated rings. The van der Waals surface area contributed by atoms with Crippen molar-refractivity contribution in [3.63, 3.8) is 0 Å². The highest BCUT2D eigenvalue weighted by Gasteiger charge is 2.38. The van der Waals surface area contributed by atoms with E-state index in [0.717, 1.165) is 18.5 Å². The Morgan fingerprint density at radius 1 is 1.21 bits per heavy atom. The zero-order valence-electron chi connectivity index (χ0n) is 8.32. The highest BCUT2D eigenvalue weighted by molar-refractivity contribution is 5.15. The van der Waals surface area contributed by atoms with Crippen LogP contribution >= 0.6 is 0 Å². The number of rotatable bonds is 2. The fourth-order valence-electron chi connectivity index (χ4n) is 2.51. The van der Waals surface area contributed by atoms with Crippen molar-refractivity contribution in [1.29, 1.82) is 0 Å². The molecule has 0 unspecified atom stereocenters. The highest BCUT2D eigenvalue weighted by Crippen LogP contribution is 2.24. The van der Waals surface area contributed by atoms with Crippen LogP contribution in [0.3, 0.4) is 0 Å². The molecule has 2 saturated heterocycles. The molecule has 0 saturated carbocycles. The Hall–Kier alpha value is -0.860. The van der Waals surface area contributed by atoms with Crippen LogP contribution in [-0.2, 0) is 6.54 Å². The van der Waals surface area contributed by atoms with Gasteiger partial charge in [-0.05, 0) is 5.56 Å². The van der Waals surface area contributed by atoms with E-state index in [1.165, 1.54) is 25.2 Å². The Morgan fingerprint density at radius 3 is 2.64 bits per heavy atom. The Balaban J connectivity index is 1.63. The molecule has 14 heavy (non-hydrogen) atoms. The number of fused-ring (bicyclic) bond motifs is 1. The fourth-order valence-corrected chi connectivity index (χ4v) is 2.51. The van der Waals surface area contributed by atoms with Gasteiger partial charge in [0.25, 0.3) is 0 Å². The average molecular weight is 188 g/mol. The molecule has 0 spiro atoms. The summed E-state index contributed by atoms with van der Waals surface area (Å²) in [5.74, 6) is 0.929. The van der Waals surface area contributed by atoms with Crippen LogP contribution in [0.1, 0.15) is 5.56 Å². The number of hydrogen-bond acceptors (Lipinski definition) is 2. The van der Waals surface area contributed by atoms with E-state index in [0.29, 0.717) is 0 Å². The van der Waals surface area contributed by atoms with Crippen LogP contribution in [0.15, 0.2) is 30.3 Å². The molecule has 1 aromatic rings. The van der Waals surface area contributed by atoms with Crippen molar-refractivity contribution < 1.29 is 0 Å². The van der Waals surface area contributed by atoms with Crippen molar-refractivity contribution in [3.8, 4) is 0 Å². The molecule has 3 rings (SSSR count). The Labute approximate surface area is 84.9 Å². The molecule has 74 valence electrons. The van der Waals surface area contributed by atoms with Gasteiger partial charge in [0.2, 0.25) is 0 Å². The summed E-state index contributed by atoms with van der Waals surface area (Å²) in [5.41, 5.74) is 1.44. The molecule has 1 N–H and O–H groups in total. The van der Waals surface area contributed by atoms with Crippen LogP contribution in [0.5, 0.6) is 0 Å². The van der Waals surface area contributed by atoms with Gasteiger partial charge in [-0.15, -0.1) is 0 Å². The van der Waals surface area contributed by atoms with E-state index in [2.05, 4.69) is 40.5 Å². The van der Waals surface area contributed by atoms with Gasteiger partial charge >= 0.3 is 0 Å². The second kappa shape index (κ2) is 3.37. The summed E-state index contributed by atoms with van der Waals surface area (Å²) in [6.45, 7) is 4.87. The van der Waals surface area contributed by atoms with E-state index in [9.17, 15) is 0 Å². The number of benzene rings is 1. The highest BCUT2D eigenvalue weighted by atomic mass is 15.2. The van der Waals surface area contributed by atoms with E-state index in [1.54, 1.807) is 0 Å². The summed E-state index contributed by atoms with van der Waals surface area (Å²) in [6.07, 6.45) is 0. The molecular formula is C12H16N2. The number of hydrogen-bond donors (Lipinski definition) is 1. The maximum absolute atomic E-state index is 3.48. The van der Waals surface area contributed by atoms with Gasteiger partial charge in [-0.1, -0.05) is 30.3 Å². The van der Waals surface area contributed by atoms with Crippen molar-refractivity contribution in [2.45, 2.75) is 12.6 Å². The summed E-state index contributed by atoms with van der Waals surface area (Å²) in [7, 11) is 0. The van der Waals surface area contributed by atoms with Gasteiger partial charge in [-0.3, -0.25) is 4.90 Å². The first-order valence-corrected chi connectivity index (χ1v) is 5.41. The Morgan fingerprint density at radius 2 is 2.07 bits per heavy atom. The molecular weight excluding hydrogens is 172 g/mol. The van der Waals surface area contributed by atoms with Crippen molar-refractivity contribution in [2.24, 2.45) is 5.92 Å². The molecule has 2 aliphatic rings. The lowest BCUT2D eigenvalue weighted by molar-refractivity contribution is 0.295. The normalized spacial score (nSPS) is 31.1. The number of likely N-dealkylation sites (tertiary alicyclic amines) is 1. The zero-order valence-corrected chi connectivity index (χ0v) is 8.32. The van der Waals surface area contributed by atoms with Crippen molar-refractivity contribution >= 4 is 0 Å². The smallest absolute Gasteiger partial charge is 0.0247 e. The first kappa shape index (κ1) is 8.45. The van der Waals surface area contributed by atoms with E-state index < -0.39 is 0 Å². The van der Waals surface area contributed by atoms with Crippen molar-refractivity contribution in [2.75, 3.05) is 19.6 Å². The van der Waals surface area contributed by atoms with Crippen molar-refractivity contribution in [3.05, 3.63) is 35.9 Å². The molecule has 2 aliphatic heterocycles. The summed E-state index contributed by atoms with van der Waals surface area (Å²) >= 11 is 0. The van der Waals surface area contributed by atoms with Gasteiger partial charge in [0.1, 0.15) is 0 Å². The second-order valence-corrected chi connectivity index (χ2v) is 4.45. The Bertz CT molecular complexity index is 297. The molecule has 0 radical (unpaired) electrons. The number of nitrogens with one attached hydrogen (secondary N) is 1. The minimum atomic E-state index is 0.790. The summed E-state index contributed by atoms with van der Waals surface area (Å²) < 4.78 is 0. The standard InChI is InChI=1S/C12H16N2/c1-2-4-10(5-3-1)7-14-8-11-6-13-12(11)9-14/h1-5,11-13H,6-9H2/t11-,12+/m0/s1. The van der Waals surface area contributed by atoms with Crippen LogP contribution < -0.4 is 5.32 Å². The van der Waals surface area contributed by atoms with Crippen molar-refractivity contribution in [1.82, 2.24) is 10.2 Å². The summed E-state index contributed by atoms with van der Waals surface area (Å²) in [6, 6.07) is 11.6. The molecule has 2 heterocycles. The lowest BCUT2D eigenvalue weighted by atomic mass is 9.96. The predicted molar refractivity (Wildman–Crippen MR) is 57.0 cm³/mol. The molecule has 0 amide bonds. The fraction of sp³-hybridized carbons (Fsp3) is 0.500. The third-order valence-corrected chi connectivity index (χ3v) is 3.41. The average Bonchev–Trinajstić information content (AvgIpc) is 2.46. The van der Waals surface area contributed by atoms with E-state index in [4.69, 9.17) is 0 Å². The van der Waals surface area contributed by atoms with Crippen LogP contribution in [-0.4, -0.2) is 30.6 Å². The minimum absolute atomic E-state index is 0.790. The maximum Gasteiger partial charge on any atom is 0.0247 e. The van der Waals surface area contributed by atoms with Gasteiger partial charge in [0, 0.05) is 38.1 Å². The third kappa shape index (κ3) is 1.45. The minimum Gasteiger partial charge on any atom is -0.312 e. The molecule has 0 aliphatic carbocycles. The number of nitrogens with zero attached hydrogens (tertiary/aromatic N) is 1. The van der Waals surface area contributed by atoms with Crippen LogP contribution in [0.4, 0.5) is 0 Å². The molecule has 1 aromatic carbocycles. The van der Waals surface area contributed by atoms with Gasteiger partial charge < -0.3 is 5.32 Å². The lowest BCUT2D eigenvalue weighted by Crippen LogP contribution is -2.51. The lowest BCUT2D eigenvalue weighted by Gasteiger charge is -2.30. The maximum atomic E-state index is 3.48. The van der Waals surface area contributed by atoms with Gasteiger partial charge in [0.15, 0.2) is 0 Å². The molecule has 0 bridgehead atoms. The van der Waals surface area contributed by atoms with Gasteiger partial charge in [0.05, 0.1) is 0 Å². The largest absolute Gasteiger partial charge is 0.312 e. The van der Waals surface area contributed by atoms with Crippen LogP contribution in [0.25, 0.3) is 0 Å². The monoisotopic (exact) mass is 188 g/mol. The molecule has 2 heteroatoms. The van der Waals surface area contributed by atoms with Crippen LogP contribution in [0.2, 0.25) is 0 Å². The molecule has 2 nitrogen and oxygen atoms in total. The quantitative estimate of drug-likeness (QED) is 0.747. The summed E-state index contributed by atoms with van der Waals surface area (Å²) in [4.78, 5) is 2.56. The van der Waals surface area contributed by atoms with Gasteiger partial charge in [-0.25, -0.2) is 0 Å².